The fourth-order valence-corrected chi connectivity index (χ4v) is 3.51. The first-order valence-corrected chi connectivity index (χ1v) is 8.36. The molecule has 2 heterocycles. The largest absolute Gasteiger partial charge is 0.463 e. The number of para-hydroxylation sites is 1. The van der Waals surface area contributed by atoms with Crippen molar-refractivity contribution in [3.8, 4) is 11.3 Å². The van der Waals surface area contributed by atoms with Crippen molar-refractivity contribution in [2.24, 2.45) is 0 Å². The summed E-state index contributed by atoms with van der Waals surface area (Å²) in [6, 6.07) is 16.7. The fraction of sp³-hybridized carbons (Fsp3) is 0.167. The van der Waals surface area contributed by atoms with Crippen LogP contribution in [0.2, 0.25) is 0 Å². The van der Waals surface area contributed by atoms with Crippen molar-refractivity contribution in [1.82, 2.24) is 9.88 Å². The molecule has 0 atom stereocenters. The molecule has 1 aromatic heterocycles. The number of hydrogen-bond acceptors (Lipinski definition) is 5. The van der Waals surface area contributed by atoms with E-state index >= 15 is 0 Å². The number of rotatable bonds is 3. The van der Waals surface area contributed by atoms with Gasteiger partial charge < -0.3 is 9.64 Å². The van der Waals surface area contributed by atoms with Gasteiger partial charge >= 0.3 is 0 Å². The SMILES string of the molecule is N#Cc1cccc(C(=O)N2CC(Oc3nc4ccccc4s3)C2)c1. The van der Waals surface area contributed by atoms with Crippen molar-refractivity contribution in [2.45, 2.75) is 6.10 Å². The molecule has 5 nitrogen and oxygen atoms in total. The molecule has 0 spiro atoms. The number of fused-ring (bicyclic) bond motifs is 1. The number of nitriles is 1. The van der Waals surface area contributed by atoms with Gasteiger partial charge in [0.1, 0.15) is 6.10 Å². The van der Waals surface area contributed by atoms with Crippen LogP contribution in [0.5, 0.6) is 5.19 Å². The van der Waals surface area contributed by atoms with E-state index in [0.717, 1.165) is 10.2 Å². The van der Waals surface area contributed by atoms with Crippen molar-refractivity contribution in [2.75, 3.05) is 13.1 Å². The van der Waals surface area contributed by atoms with Crippen LogP contribution in [0, 0.1) is 11.3 Å². The van der Waals surface area contributed by atoms with Crippen LogP contribution in [0.4, 0.5) is 0 Å². The zero-order valence-electron chi connectivity index (χ0n) is 12.7. The molecule has 0 radical (unpaired) electrons. The Morgan fingerprint density at radius 3 is 2.88 bits per heavy atom. The molecule has 24 heavy (non-hydrogen) atoms. The van der Waals surface area contributed by atoms with Crippen molar-refractivity contribution in [3.63, 3.8) is 0 Å². The number of ether oxygens (including phenoxy) is 1. The predicted octanol–water partition coefficient (Wildman–Crippen LogP) is 3.07. The third kappa shape index (κ3) is 2.70. The quantitative estimate of drug-likeness (QED) is 0.738. The lowest BCUT2D eigenvalue weighted by atomic mass is 10.1. The Morgan fingerprint density at radius 2 is 2.08 bits per heavy atom. The number of hydrogen-bond donors (Lipinski definition) is 0. The second-order valence-electron chi connectivity index (χ2n) is 5.59. The number of carbonyl (C=O) groups is 1. The van der Waals surface area contributed by atoms with Crippen molar-refractivity contribution < 1.29 is 9.53 Å². The highest BCUT2D eigenvalue weighted by atomic mass is 32.1. The molecule has 118 valence electrons. The van der Waals surface area contributed by atoms with E-state index in [1.54, 1.807) is 29.2 Å². The number of benzene rings is 2. The average molecular weight is 335 g/mol. The van der Waals surface area contributed by atoms with Crippen LogP contribution in [0.25, 0.3) is 10.2 Å². The summed E-state index contributed by atoms with van der Waals surface area (Å²) in [5.41, 5.74) is 1.95. The summed E-state index contributed by atoms with van der Waals surface area (Å²) in [6.45, 7) is 1.07. The van der Waals surface area contributed by atoms with Crippen molar-refractivity contribution in [3.05, 3.63) is 59.7 Å². The molecular formula is C18H13N3O2S. The van der Waals surface area contributed by atoms with Gasteiger partial charge in [-0.05, 0) is 30.3 Å². The van der Waals surface area contributed by atoms with Crippen LogP contribution in [0.1, 0.15) is 15.9 Å². The van der Waals surface area contributed by atoms with Crippen molar-refractivity contribution in [1.29, 1.82) is 5.26 Å². The second-order valence-corrected chi connectivity index (χ2v) is 6.58. The first-order valence-electron chi connectivity index (χ1n) is 7.54. The van der Waals surface area contributed by atoms with E-state index in [1.807, 2.05) is 30.3 Å². The summed E-state index contributed by atoms with van der Waals surface area (Å²) in [6.07, 6.45) is -0.0336. The van der Waals surface area contributed by atoms with Crippen molar-refractivity contribution >= 4 is 27.5 Å². The summed E-state index contributed by atoms with van der Waals surface area (Å²) in [5, 5.41) is 9.56. The van der Waals surface area contributed by atoms with Crippen LogP contribution in [-0.4, -0.2) is 35.0 Å². The van der Waals surface area contributed by atoms with Gasteiger partial charge in [-0.15, -0.1) is 0 Å². The highest BCUT2D eigenvalue weighted by Crippen LogP contribution is 2.29. The molecule has 0 unspecified atom stereocenters. The Morgan fingerprint density at radius 1 is 1.25 bits per heavy atom. The van der Waals surface area contributed by atoms with Crippen LogP contribution in [0.15, 0.2) is 48.5 Å². The van der Waals surface area contributed by atoms with E-state index in [1.165, 1.54) is 11.3 Å². The first-order chi connectivity index (χ1) is 11.7. The van der Waals surface area contributed by atoms with E-state index in [4.69, 9.17) is 10.00 Å². The Kier molecular flexibility index (Phi) is 3.63. The van der Waals surface area contributed by atoms with E-state index < -0.39 is 0 Å². The standard InChI is InChI=1S/C18H13N3O2S/c19-9-12-4-3-5-13(8-12)17(22)21-10-14(11-21)23-18-20-15-6-1-2-7-16(15)24-18/h1-8,14H,10-11H2. The Bertz CT molecular complexity index is 921. The summed E-state index contributed by atoms with van der Waals surface area (Å²) < 4.78 is 6.95. The van der Waals surface area contributed by atoms with Gasteiger partial charge in [0.25, 0.3) is 11.1 Å². The Balaban J connectivity index is 1.39. The fourth-order valence-electron chi connectivity index (χ4n) is 2.63. The van der Waals surface area contributed by atoms with Crippen LogP contribution in [-0.2, 0) is 0 Å². The lowest BCUT2D eigenvalue weighted by Gasteiger charge is -2.38. The maximum Gasteiger partial charge on any atom is 0.274 e. The number of amides is 1. The second kappa shape index (κ2) is 5.95. The molecule has 1 amide bonds. The molecule has 3 aromatic rings. The highest BCUT2D eigenvalue weighted by molar-refractivity contribution is 7.20. The minimum absolute atomic E-state index is 0.0336. The van der Waals surface area contributed by atoms with E-state index in [0.29, 0.717) is 29.4 Å². The zero-order chi connectivity index (χ0) is 16.5. The molecule has 0 bridgehead atoms. The molecule has 1 saturated heterocycles. The van der Waals surface area contributed by atoms with E-state index in [9.17, 15) is 4.79 Å². The maximum absolute atomic E-state index is 12.4. The van der Waals surface area contributed by atoms with E-state index in [-0.39, 0.29) is 12.0 Å². The number of likely N-dealkylation sites (tertiary alicyclic amines) is 1. The van der Waals surface area contributed by atoms with Gasteiger partial charge in [0.2, 0.25) is 0 Å². The molecule has 0 aliphatic carbocycles. The molecule has 1 aliphatic rings. The lowest BCUT2D eigenvalue weighted by molar-refractivity contribution is 0.0178. The topological polar surface area (TPSA) is 66.2 Å². The maximum atomic E-state index is 12.4. The third-order valence-electron chi connectivity index (χ3n) is 3.92. The smallest absolute Gasteiger partial charge is 0.274 e. The average Bonchev–Trinajstić information content (AvgIpc) is 2.99. The van der Waals surface area contributed by atoms with Gasteiger partial charge in [-0.2, -0.15) is 5.26 Å². The van der Waals surface area contributed by atoms with Crippen LogP contribution < -0.4 is 4.74 Å². The summed E-state index contributed by atoms with van der Waals surface area (Å²) in [5.74, 6) is -0.0729. The van der Waals surface area contributed by atoms with E-state index in [2.05, 4.69) is 4.98 Å². The minimum atomic E-state index is -0.0729. The van der Waals surface area contributed by atoms with Gasteiger partial charge in [-0.25, -0.2) is 4.98 Å². The van der Waals surface area contributed by atoms with Crippen LogP contribution in [0.3, 0.4) is 0 Å². The number of thiazole rings is 1. The Hall–Kier alpha value is -2.91. The van der Waals surface area contributed by atoms with Gasteiger partial charge in [0, 0.05) is 5.56 Å². The highest BCUT2D eigenvalue weighted by Gasteiger charge is 2.33. The molecule has 1 aliphatic heterocycles. The Labute approximate surface area is 142 Å². The zero-order valence-corrected chi connectivity index (χ0v) is 13.5. The third-order valence-corrected chi connectivity index (χ3v) is 4.84. The first kappa shape index (κ1) is 14.7. The summed E-state index contributed by atoms with van der Waals surface area (Å²) in [7, 11) is 0. The predicted molar refractivity (Wildman–Crippen MR) is 91.1 cm³/mol. The molecule has 0 saturated carbocycles. The lowest BCUT2D eigenvalue weighted by Crippen LogP contribution is -2.56. The number of carbonyl (C=O) groups excluding carboxylic acids is 1. The summed E-state index contributed by atoms with van der Waals surface area (Å²) >= 11 is 1.51. The molecule has 4 rings (SSSR count). The molecule has 2 aromatic carbocycles. The van der Waals surface area contributed by atoms with Gasteiger partial charge in [-0.3, -0.25) is 4.79 Å². The monoisotopic (exact) mass is 335 g/mol. The molecule has 0 N–H and O–H groups in total. The molecular weight excluding hydrogens is 322 g/mol. The normalized spacial score (nSPS) is 14.2. The molecule has 1 fully saturated rings. The minimum Gasteiger partial charge on any atom is -0.463 e. The van der Waals surface area contributed by atoms with Gasteiger partial charge in [0.15, 0.2) is 0 Å². The summed E-state index contributed by atoms with van der Waals surface area (Å²) in [4.78, 5) is 18.5. The van der Waals surface area contributed by atoms with Gasteiger partial charge in [-0.1, -0.05) is 29.5 Å². The molecule has 6 heteroatoms. The number of nitrogens with zero attached hydrogens (tertiary/aromatic N) is 3. The van der Waals surface area contributed by atoms with Gasteiger partial charge in [0.05, 0.1) is 34.9 Å². The number of aromatic nitrogens is 1. The van der Waals surface area contributed by atoms with Crippen LogP contribution >= 0.6 is 11.3 Å².